The van der Waals surface area contributed by atoms with E-state index in [1.54, 1.807) is 42.2 Å². The molecule has 0 aromatic carbocycles. The van der Waals surface area contributed by atoms with Crippen LogP contribution in [0.15, 0.2) is 35.5 Å². The number of aromatic nitrogens is 4. The lowest BCUT2D eigenvalue weighted by Gasteiger charge is -2.12. The molecule has 0 unspecified atom stereocenters. The van der Waals surface area contributed by atoms with Crippen LogP contribution in [0.2, 0.25) is 0 Å². The topological polar surface area (TPSA) is 116 Å². The molecule has 0 bridgehead atoms. The first kappa shape index (κ1) is 18.6. The molecule has 0 aliphatic carbocycles. The number of imidazole rings is 1. The van der Waals surface area contributed by atoms with Gasteiger partial charge in [-0.25, -0.2) is 9.97 Å². The van der Waals surface area contributed by atoms with Crippen molar-refractivity contribution in [2.24, 2.45) is 12.8 Å². The van der Waals surface area contributed by atoms with Crippen LogP contribution >= 0.6 is 12.4 Å². The second kappa shape index (κ2) is 7.04. The van der Waals surface area contributed by atoms with Crippen LogP contribution < -0.4 is 11.3 Å². The third-order valence-electron chi connectivity index (χ3n) is 3.83. The molecule has 3 N–H and O–H groups in total. The third-order valence-corrected chi connectivity index (χ3v) is 3.83. The van der Waals surface area contributed by atoms with Crippen LogP contribution in [0.3, 0.4) is 0 Å². The summed E-state index contributed by atoms with van der Waals surface area (Å²) in [7, 11) is 1.67. The summed E-state index contributed by atoms with van der Waals surface area (Å²) >= 11 is 0. The van der Waals surface area contributed by atoms with E-state index in [0.29, 0.717) is 28.3 Å². The summed E-state index contributed by atoms with van der Waals surface area (Å²) in [6, 6.07) is 2.47. The van der Waals surface area contributed by atoms with Gasteiger partial charge in [0.1, 0.15) is 17.4 Å². The monoisotopic (exact) mass is 363 g/mol. The number of pyridine rings is 1. The Morgan fingerprint density at radius 1 is 1.40 bits per heavy atom. The second-order valence-corrected chi connectivity index (χ2v) is 5.66. The van der Waals surface area contributed by atoms with Gasteiger partial charge in [-0.3, -0.25) is 9.59 Å². The van der Waals surface area contributed by atoms with Gasteiger partial charge >= 0.3 is 5.97 Å². The predicted octanol–water partition coefficient (Wildman–Crippen LogP) is 0.780. The number of halogens is 1. The van der Waals surface area contributed by atoms with Gasteiger partial charge in [0, 0.05) is 43.3 Å². The van der Waals surface area contributed by atoms with Crippen LogP contribution in [-0.2, 0) is 18.3 Å². The van der Waals surface area contributed by atoms with Gasteiger partial charge in [0.05, 0.1) is 5.69 Å². The maximum atomic E-state index is 12.4. The highest BCUT2D eigenvalue weighted by Crippen LogP contribution is 2.21. The van der Waals surface area contributed by atoms with Crippen LogP contribution in [-0.4, -0.2) is 36.1 Å². The Labute approximate surface area is 149 Å². The fourth-order valence-electron chi connectivity index (χ4n) is 2.67. The number of aliphatic carboxylic acids is 1. The van der Waals surface area contributed by atoms with E-state index in [-0.39, 0.29) is 24.4 Å². The Balaban J connectivity index is 0.00000225. The van der Waals surface area contributed by atoms with E-state index in [0.717, 1.165) is 0 Å². The molecular weight excluding hydrogens is 346 g/mol. The van der Waals surface area contributed by atoms with Crippen LogP contribution in [0.25, 0.3) is 16.9 Å². The average Bonchev–Trinajstić information content (AvgIpc) is 3.01. The number of carbonyl (C=O) groups is 1. The van der Waals surface area contributed by atoms with Crippen molar-refractivity contribution in [3.63, 3.8) is 0 Å². The number of hydrogen-bond acceptors (Lipinski definition) is 5. The number of aryl methyl sites for hydroxylation is 2. The Kier molecular flexibility index (Phi) is 5.24. The molecular formula is C16H18ClN5O3. The molecule has 0 radical (unpaired) electrons. The Hall–Kier alpha value is -2.71. The summed E-state index contributed by atoms with van der Waals surface area (Å²) in [6.45, 7) is 1.81. The molecule has 8 nitrogen and oxygen atoms in total. The smallest absolute Gasteiger partial charge is 0.320 e. The normalized spacial score (nSPS) is 12.0. The van der Waals surface area contributed by atoms with Gasteiger partial charge in [-0.15, -0.1) is 12.4 Å². The molecule has 0 aliphatic rings. The number of carboxylic acid groups (broad SMARTS) is 1. The highest BCUT2D eigenvalue weighted by atomic mass is 35.5. The van der Waals surface area contributed by atoms with E-state index in [4.69, 9.17) is 10.8 Å². The van der Waals surface area contributed by atoms with Crippen molar-refractivity contribution in [1.29, 1.82) is 0 Å². The number of nitrogens with zero attached hydrogens (tertiary/aromatic N) is 4. The molecule has 0 saturated heterocycles. The van der Waals surface area contributed by atoms with Crippen molar-refractivity contribution in [3.05, 3.63) is 52.5 Å². The number of fused-ring (bicyclic) bond motifs is 1. The van der Waals surface area contributed by atoms with Crippen molar-refractivity contribution in [3.8, 4) is 11.3 Å². The largest absolute Gasteiger partial charge is 0.480 e. The molecule has 0 fully saturated rings. The molecule has 0 saturated carbocycles. The summed E-state index contributed by atoms with van der Waals surface area (Å²) in [5, 5.41) is 8.99. The molecule has 3 aromatic heterocycles. The minimum absolute atomic E-state index is 0. The van der Waals surface area contributed by atoms with Crippen LogP contribution in [0.5, 0.6) is 0 Å². The highest BCUT2D eigenvalue weighted by molar-refractivity contribution is 5.85. The van der Waals surface area contributed by atoms with Crippen molar-refractivity contribution < 1.29 is 9.90 Å². The summed E-state index contributed by atoms with van der Waals surface area (Å²) in [5.74, 6) is -1.07. The molecule has 0 aliphatic heterocycles. The third kappa shape index (κ3) is 3.40. The predicted molar refractivity (Wildman–Crippen MR) is 95.0 cm³/mol. The Morgan fingerprint density at radius 3 is 2.80 bits per heavy atom. The number of rotatable bonds is 4. The molecule has 0 spiro atoms. The van der Waals surface area contributed by atoms with Crippen molar-refractivity contribution in [1.82, 2.24) is 18.9 Å². The van der Waals surface area contributed by atoms with Gasteiger partial charge in [-0.2, -0.15) is 0 Å². The molecule has 1 atom stereocenters. The number of nitrogens with two attached hydrogens (primary N) is 1. The number of hydrogen-bond donors (Lipinski definition) is 2. The quantitative estimate of drug-likeness (QED) is 0.707. The summed E-state index contributed by atoms with van der Waals surface area (Å²) in [6.07, 6.45) is 5.12. The molecule has 3 rings (SSSR count). The fourth-order valence-corrected chi connectivity index (χ4v) is 2.67. The highest BCUT2D eigenvalue weighted by Gasteiger charge is 2.18. The lowest BCUT2D eigenvalue weighted by Crippen LogP contribution is -2.32. The summed E-state index contributed by atoms with van der Waals surface area (Å²) < 4.78 is 3.22. The molecule has 3 aromatic rings. The maximum absolute atomic E-state index is 12.4. The van der Waals surface area contributed by atoms with Crippen molar-refractivity contribution >= 4 is 24.0 Å². The minimum atomic E-state index is -1.07. The van der Waals surface area contributed by atoms with Crippen LogP contribution in [0.1, 0.15) is 11.4 Å². The molecule has 0 amide bonds. The van der Waals surface area contributed by atoms with E-state index >= 15 is 0 Å². The second-order valence-electron chi connectivity index (χ2n) is 5.66. The zero-order valence-corrected chi connectivity index (χ0v) is 14.5. The zero-order valence-electron chi connectivity index (χ0n) is 13.7. The van der Waals surface area contributed by atoms with Crippen LogP contribution in [0.4, 0.5) is 0 Å². The van der Waals surface area contributed by atoms with Gasteiger partial charge in [0.25, 0.3) is 5.56 Å². The SMILES string of the molecule is Cc1cn(C)c(=O)c(-c2ccc(C[C@H](N)C(=O)O)n3ccnc23)n1.Cl. The Morgan fingerprint density at radius 2 is 2.12 bits per heavy atom. The lowest BCUT2D eigenvalue weighted by atomic mass is 10.1. The van der Waals surface area contributed by atoms with Crippen molar-refractivity contribution in [2.75, 3.05) is 0 Å². The van der Waals surface area contributed by atoms with Gasteiger partial charge in [0.15, 0.2) is 0 Å². The van der Waals surface area contributed by atoms with Gasteiger partial charge < -0.3 is 19.8 Å². The van der Waals surface area contributed by atoms with E-state index in [2.05, 4.69) is 9.97 Å². The average molecular weight is 364 g/mol. The molecule has 3 heterocycles. The first-order valence-corrected chi connectivity index (χ1v) is 7.36. The number of carboxylic acids is 1. The van der Waals surface area contributed by atoms with Gasteiger partial charge in [-0.05, 0) is 19.1 Å². The molecule has 25 heavy (non-hydrogen) atoms. The maximum Gasteiger partial charge on any atom is 0.320 e. The van der Waals surface area contributed by atoms with Gasteiger partial charge in [-0.1, -0.05) is 0 Å². The van der Waals surface area contributed by atoms with E-state index in [9.17, 15) is 9.59 Å². The van der Waals surface area contributed by atoms with E-state index < -0.39 is 12.0 Å². The first-order valence-electron chi connectivity index (χ1n) is 7.36. The minimum Gasteiger partial charge on any atom is -0.480 e. The van der Waals surface area contributed by atoms with Crippen LogP contribution in [0, 0.1) is 6.92 Å². The first-order chi connectivity index (χ1) is 11.4. The lowest BCUT2D eigenvalue weighted by molar-refractivity contribution is -0.138. The van der Waals surface area contributed by atoms with E-state index in [1.165, 1.54) is 4.57 Å². The molecule has 9 heteroatoms. The zero-order chi connectivity index (χ0) is 17.4. The van der Waals surface area contributed by atoms with E-state index in [1.807, 2.05) is 6.92 Å². The fraction of sp³-hybridized carbons (Fsp3) is 0.250. The molecule has 132 valence electrons. The Bertz CT molecular complexity index is 995. The van der Waals surface area contributed by atoms with Gasteiger partial charge in [0.2, 0.25) is 0 Å². The standard InChI is InChI=1S/C16H17N5O3.ClH/c1-9-8-20(2)15(22)13(19-9)11-4-3-10(7-12(17)16(23)24)21-6-5-18-14(11)21;/h3-6,8,12H,7,17H2,1-2H3,(H,23,24);1H/t12-;/m0./s1. The summed E-state index contributed by atoms with van der Waals surface area (Å²) in [5.41, 5.74) is 8.26. The summed E-state index contributed by atoms with van der Waals surface area (Å²) in [4.78, 5) is 32.0. The van der Waals surface area contributed by atoms with Crippen molar-refractivity contribution in [2.45, 2.75) is 19.4 Å².